The highest BCUT2D eigenvalue weighted by Crippen LogP contribution is 2.25. The second kappa shape index (κ2) is 6.74. The largest absolute Gasteiger partial charge is 0.339 e. The Morgan fingerprint density at radius 2 is 2.17 bits per heavy atom. The minimum atomic E-state index is -0.233. The predicted molar refractivity (Wildman–Crippen MR) is 93.7 cm³/mol. The summed E-state index contributed by atoms with van der Waals surface area (Å²) in [7, 11) is 0. The summed E-state index contributed by atoms with van der Waals surface area (Å²) in [6.45, 7) is 5.97. The predicted octanol–water partition coefficient (Wildman–Crippen LogP) is 2.00. The molecule has 0 saturated carbocycles. The summed E-state index contributed by atoms with van der Waals surface area (Å²) in [5.74, 6) is 1.51. The number of thioether (sulfide) groups is 1. The van der Waals surface area contributed by atoms with Crippen molar-refractivity contribution >= 4 is 28.7 Å². The van der Waals surface area contributed by atoms with E-state index in [1.807, 2.05) is 40.9 Å². The lowest BCUT2D eigenvalue weighted by atomic mass is 10.1. The van der Waals surface area contributed by atoms with Crippen LogP contribution in [-0.4, -0.2) is 44.5 Å². The van der Waals surface area contributed by atoms with E-state index in [9.17, 15) is 9.59 Å². The molecule has 1 aromatic heterocycles. The van der Waals surface area contributed by atoms with E-state index >= 15 is 0 Å². The standard InChI is InChI=1S/C17H21N3O2S/c1-12(2)15-10-19(7-8-23-15)17(22)11-20-14-6-4-3-5-13(14)18-9-16(20)21/h3-6,9,12,15H,7-8,10-11H2,1-2H3/t15-/m0/s1. The molecule has 6 heteroatoms. The Balaban J connectivity index is 1.83. The molecule has 1 aliphatic rings. The van der Waals surface area contributed by atoms with Gasteiger partial charge in [0.15, 0.2) is 0 Å². The molecule has 1 amide bonds. The van der Waals surface area contributed by atoms with E-state index in [-0.39, 0.29) is 18.0 Å². The lowest BCUT2D eigenvalue weighted by Gasteiger charge is -2.34. The molecule has 0 bridgehead atoms. The molecular formula is C17H21N3O2S. The molecule has 5 nitrogen and oxygen atoms in total. The molecule has 122 valence electrons. The van der Waals surface area contributed by atoms with E-state index in [0.717, 1.165) is 24.4 Å². The van der Waals surface area contributed by atoms with Gasteiger partial charge in [0.2, 0.25) is 5.91 Å². The first-order valence-corrected chi connectivity index (χ1v) is 8.95. The Kier molecular flexibility index (Phi) is 4.71. The van der Waals surface area contributed by atoms with Crippen molar-refractivity contribution in [3.05, 3.63) is 40.8 Å². The molecule has 1 aliphatic heterocycles. The van der Waals surface area contributed by atoms with Gasteiger partial charge in [0, 0.05) is 24.1 Å². The molecule has 1 atom stereocenters. The topological polar surface area (TPSA) is 55.2 Å². The summed E-state index contributed by atoms with van der Waals surface area (Å²) in [4.78, 5) is 30.8. The van der Waals surface area contributed by atoms with Gasteiger partial charge < -0.3 is 4.90 Å². The maximum Gasteiger partial charge on any atom is 0.269 e. The van der Waals surface area contributed by atoms with Gasteiger partial charge in [-0.1, -0.05) is 26.0 Å². The van der Waals surface area contributed by atoms with Gasteiger partial charge in [-0.2, -0.15) is 11.8 Å². The van der Waals surface area contributed by atoms with Crippen molar-refractivity contribution < 1.29 is 4.79 Å². The van der Waals surface area contributed by atoms with Gasteiger partial charge in [-0.3, -0.25) is 14.2 Å². The van der Waals surface area contributed by atoms with Crippen molar-refractivity contribution in [3.63, 3.8) is 0 Å². The number of hydrogen-bond acceptors (Lipinski definition) is 4. The number of fused-ring (bicyclic) bond motifs is 1. The smallest absolute Gasteiger partial charge is 0.269 e. The third-order valence-corrected chi connectivity index (χ3v) is 5.78. The van der Waals surface area contributed by atoms with Crippen molar-refractivity contribution in [2.45, 2.75) is 25.6 Å². The first-order chi connectivity index (χ1) is 11.1. The van der Waals surface area contributed by atoms with Crippen LogP contribution >= 0.6 is 11.8 Å². The zero-order valence-corrected chi connectivity index (χ0v) is 14.3. The van der Waals surface area contributed by atoms with Crippen LogP contribution in [0.4, 0.5) is 0 Å². The van der Waals surface area contributed by atoms with Crippen molar-refractivity contribution in [1.29, 1.82) is 0 Å². The molecule has 0 radical (unpaired) electrons. The average molecular weight is 331 g/mol. The number of amides is 1. The fourth-order valence-corrected chi connectivity index (χ4v) is 4.12. The minimum Gasteiger partial charge on any atom is -0.339 e. The van der Waals surface area contributed by atoms with Crippen molar-refractivity contribution in [1.82, 2.24) is 14.5 Å². The molecule has 1 fully saturated rings. The van der Waals surface area contributed by atoms with Crippen LogP contribution in [0.2, 0.25) is 0 Å². The number of rotatable bonds is 3. The van der Waals surface area contributed by atoms with E-state index in [1.54, 1.807) is 0 Å². The van der Waals surface area contributed by atoms with Gasteiger partial charge in [-0.25, -0.2) is 4.98 Å². The van der Waals surface area contributed by atoms with Crippen molar-refractivity contribution in [3.8, 4) is 0 Å². The van der Waals surface area contributed by atoms with Crippen LogP contribution < -0.4 is 5.56 Å². The normalized spacial score (nSPS) is 18.6. The van der Waals surface area contributed by atoms with Crippen LogP contribution in [0, 0.1) is 5.92 Å². The van der Waals surface area contributed by atoms with E-state index < -0.39 is 0 Å². The van der Waals surface area contributed by atoms with Gasteiger partial charge in [0.05, 0.1) is 17.2 Å². The van der Waals surface area contributed by atoms with E-state index in [2.05, 4.69) is 18.8 Å². The zero-order chi connectivity index (χ0) is 16.4. The van der Waals surface area contributed by atoms with E-state index in [4.69, 9.17) is 0 Å². The number of carbonyl (C=O) groups excluding carboxylic acids is 1. The number of carbonyl (C=O) groups is 1. The fraction of sp³-hybridized carbons (Fsp3) is 0.471. The molecule has 0 spiro atoms. The van der Waals surface area contributed by atoms with Crippen LogP contribution in [0.3, 0.4) is 0 Å². The molecule has 1 saturated heterocycles. The number of nitrogens with zero attached hydrogens (tertiary/aromatic N) is 3. The van der Waals surface area contributed by atoms with Crippen LogP contribution in [0.5, 0.6) is 0 Å². The first kappa shape index (κ1) is 16.1. The van der Waals surface area contributed by atoms with Crippen molar-refractivity contribution in [2.24, 2.45) is 5.92 Å². The van der Waals surface area contributed by atoms with Crippen molar-refractivity contribution in [2.75, 3.05) is 18.8 Å². The Bertz CT molecular complexity index is 772. The van der Waals surface area contributed by atoms with Crippen LogP contribution in [-0.2, 0) is 11.3 Å². The first-order valence-electron chi connectivity index (χ1n) is 7.90. The lowest BCUT2D eigenvalue weighted by molar-refractivity contribution is -0.131. The SMILES string of the molecule is CC(C)[C@@H]1CN(C(=O)Cn2c(=O)cnc3ccccc32)CCS1. The summed E-state index contributed by atoms with van der Waals surface area (Å²) < 4.78 is 1.52. The third kappa shape index (κ3) is 3.42. The van der Waals surface area contributed by atoms with Gasteiger partial charge in [-0.15, -0.1) is 0 Å². The molecule has 3 rings (SSSR count). The summed E-state index contributed by atoms with van der Waals surface area (Å²) >= 11 is 1.93. The molecule has 23 heavy (non-hydrogen) atoms. The minimum absolute atomic E-state index is 0.00871. The summed E-state index contributed by atoms with van der Waals surface area (Å²) in [5, 5.41) is 0.471. The van der Waals surface area contributed by atoms with E-state index in [0.29, 0.717) is 16.7 Å². The number of aromatic nitrogens is 2. The molecule has 2 aromatic rings. The number of hydrogen-bond donors (Lipinski definition) is 0. The Labute approximate surface area is 139 Å². The zero-order valence-electron chi connectivity index (χ0n) is 13.4. The van der Waals surface area contributed by atoms with Crippen LogP contribution in [0.25, 0.3) is 11.0 Å². The van der Waals surface area contributed by atoms with Gasteiger partial charge >= 0.3 is 0 Å². The maximum absolute atomic E-state index is 12.7. The highest BCUT2D eigenvalue weighted by atomic mass is 32.2. The molecule has 2 heterocycles. The maximum atomic E-state index is 12.7. The van der Waals surface area contributed by atoms with Crippen LogP contribution in [0.15, 0.2) is 35.3 Å². The second-order valence-corrected chi connectivity index (χ2v) is 7.51. The molecular weight excluding hydrogens is 310 g/mol. The Morgan fingerprint density at radius 3 is 2.96 bits per heavy atom. The number of benzene rings is 1. The Hall–Kier alpha value is -1.82. The lowest BCUT2D eigenvalue weighted by Crippen LogP contribution is -2.45. The quantitative estimate of drug-likeness (QED) is 0.863. The van der Waals surface area contributed by atoms with Gasteiger partial charge in [-0.05, 0) is 18.1 Å². The number of para-hydroxylation sites is 2. The molecule has 0 unspecified atom stereocenters. The molecule has 1 aromatic carbocycles. The van der Waals surface area contributed by atoms with Crippen LogP contribution in [0.1, 0.15) is 13.8 Å². The Morgan fingerprint density at radius 1 is 1.39 bits per heavy atom. The van der Waals surface area contributed by atoms with Gasteiger partial charge in [0.25, 0.3) is 5.56 Å². The fourth-order valence-electron chi connectivity index (χ4n) is 2.82. The second-order valence-electron chi connectivity index (χ2n) is 6.16. The molecule has 0 aliphatic carbocycles. The monoisotopic (exact) mass is 331 g/mol. The molecule has 0 N–H and O–H groups in total. The highest BCUT2D eigenvalue weighted by Gasteiger charge is 2.26. The summed E-state index contributed by atoms with van der Waals surface area (Å²) in [6, 6.07) is 7.42. The van der Waals surface area contributed by atoms with Gasteiger partial charge in [0.1, 0.15) is 6.54 Å². The highest BCUT2D eigenvalue weighted by molar-refractivity contribution is 8.00. The average Bonchev–Trinajstić information content (AvgIpc) is 2.57. The third-order valence-electron chi connectivity index (χ3n) is 4.24. The summed E-state index contributed by atoms with van der Waals surface area (Å²) in [6.07, 6.45) is 1.29. The summed E-state index contributed by atoms with van der Waals surface area (Å²) in [5.41, 5.74) is 1.21. The van der Waals surface area contributed by atoms with E-state index in [1.165, 1.54) is 10.8 Å².